The van der Waals surface area contributed by atoms with E-state index in [0.717, 1.165) is 18.1 Å². The summed E-state index contributed by atoms with van der Waals surface area (Å²) in [6.45, 7) is 9.52. The molecule has 0 radical (unpaired) electrons. The number of benzene rings is 1. The molecule has 0 aromatic heterocycles. The quantitative estimate of drug-likeness (QED) is 0.753. The monoisotopic (exact) mass is 258 g/mol. The highest BCUT2D eigenvalue weighted by atomic mass is 16.5. The lowest BCUT2D eigenvalue weighted by molar-refractivity contribution is 0.0301. The van der Waals surface area contributed by atoms with Gasteiger partial charge < -0.3 is 4.74 Å². The number of rotatable bonds is 3. The molecule has 1 heteroatoms. The molecule has 1 aromatic carbocycles. The van der Waals surface area contributed by atoms with Crippen molar-refractivity contribution in [3.05, 3.63) is 29.8 Å². The lowest BCUT2D eigenvalue weighted by atomic mass is 9.70. The Morgan fingerprint density at radius 3 is 2.63 bits per heavy atom. The minimum Gasteiger partial charge on any atom is -0.490 e. The molecule has 1 nitrogen and oxygen atoms in total. The Kier molecular flexibility index (Phi) is 2.92. The van der Waals surface area contributed by atoms with E-state index in [1.165, 1.54) is 24.8 Å². The van der Waals surface area contributed by atoms with Crippen LogP contribution in [0.1, 0.15) is 52.5 Å². The Labute approximate surface area is 117 Å². The average molecular weight is 258 g/mol. The minimum absolute atomic E-state index is 0.347. The molecule has 2 fully saturated rings. The van der Waals surface area contributed by atoms with E-state index in [9.17, 15) is 0 Å². The molecule has 3 unspecified atom stereocenters. The first-order chi connectivity index (χ1) is 8.97. The van der Waals surface area contributed by atoms with E-state index in [1.807, 2.05) is 0 Å². The Morgan fingerprint density at radius 2 is 2.05 bits per heavy atom. The zero-order valence-corrected chi connectivity index (χ0v) is 12.7. The van der Waals surface area contributed by atoms with Gasteiger partial charge >= 0.3 is 0 Å². The van der Waals surface area contributed by atoms with Gasteiger partial charge in [-0.2, -0.15) is 0 Å². The Balaban J connectivity index is 1.82. The summed E-state index contributed by atoms with van der Waals surface area (Å²) in [5, 5.41) is 0. The molecule has 0 amide bonds. The summed E-state index contributed by atoms with van der Waals surface area (Å²) in [6, 6.07) is 8.62. The summed E-state index contributed by atoms with van der Waals surface area (Å²) in [4.78, 5) is 0. The molecule has 0 saturated heterocycles. The van der Waals surface area contributed by atoms with Crippen LogP contribution in [0.2, 0.25) is 0 Å². The maximum absolute atomic E-state index is 6.39. The summed E-state index contributed by atoms with van der Waals surface area (Å²) >= 11 is 0. The first-order valence-corrected chi connectivity index (χ1v) is 7.73. The van der Waals surface area contributed by atoms with Gasteiger partial charge in [0.15, 0.2) is 0 Å². The summed E-state index contributed by atoms with van der Waals surface area (Å²) in [6.07, 6.45) is 5.42. The molecule has 0 aliphatic heterocycles. The van der Waals surface area contributed by atoms with Crippen LogP contribution < -0.4 is 4.74 Å². The summed E-state index contributed by atoms with van der Waals surface area (Å²) < 4.78 is 6.39. The third kappa shape index (κ3) is 1.81. The van der Waals surface area contributed by atoms with Crippen LogP contribution in [0.25, 0.3) is 0 Å². The summed E-state index contributed by atoms with van der Waals surface area (Å²) in [5.74, 6) is 1.91. The fourth-order valence-corrected chi connectivity index (χ4v) is 4.31. The zero-order valence-electron chi connectivity index (χ0n) is 12.7. The average Bonchev–Trinajstić information content (AvgIpc) is 2.72. The first-order valence-electron chi connectivity index (χ1n) is 7.73. The van der Waals surface area contributed by atoms with Gasteiger partial charge in [-0.1, -0.05) is 39.8 Å². The summed E-state index contributed by atoms with van der Waals surface area (Å²) in [5.41, 5.74) is 2.14. The smallest absolute Gasteiger partial charge is 0.120 e. The van der Waals surface area contributed by atoms with Gasteiger partial charge in [-0.25, -0.2) is 0 Å². The summed E-state index contributed by atoms with van der Waals surface area (Å²) in [7, 11) is 0. The topological polar surface area (TPSA) is 9.23 Å². The minimum atomic E-state index is 0.347. The number of hydrogen-bond acceptors (Lipinski definition) is 1. The highest BCUT2D eigenvalue weighted by Crippen LogP contribution is 2.66. The molecule has 3 atom stereocenters. The predicted molar refractivity (Wildman–Crippen MR) is 79.5 cm³/mol. The van der Waals surface area contributed by atoms with Crippen molar-refractivity contribution in [2.24, 2.45) is 16.7 Å². The van der Waals surface area contributed by atoms with Crippen molar-refractivity contribution >= 4 is 0 Å². The predicted octanol–water partition coefficient (Wildman–Crippen LogP) is 4.84. The van der Waals surface area contributed by atoms with Crippen molar-refractivity contribution in [3.63, 3.8) is 0 Å². The molecule has 3 rings (SSSR count). The van der Waals surface area contributed by atoms with Gasteiger partial charge in [-0.05, 0) is 54.7 Å². The Morgan fingerprint density at radius 1 is 1.26 bits per heavy atom. The van der Waals surface area contributed by atoms with E-state index in [2.05, 4.69) is 52.0 Å². The second-order valence-corrected chi connectivity index (χ2v) is 7.22. The zero-order chi connectivity index (χ0) is 13.7. The van der Waals surface area contributed by atoms with Crippen LogP contribution in [0.3, 0.4) is 0 Å². The van der Waals surface area contributed by atoms with E-state index in [4.69, 9.17) is 4.74 Å². The van der Waals surface area contributed by atoms with Crippen molar-refractivity contribution in [2.75, 3.05) is 0 Å². The fourth-order valence-electron chi connectivity index (χ4n) is 4.31. The molecular formula is C18H26O. The lowest BCUT2D eigenvalue weighted by Gasteiger charge is -2.38. The van der Waals surface area contributed by atoms with Crippen molar-refractivity contribution in [1.82, 2.24) is 0 Å². The van der Waals surface area contributed by atoms with Crippen LogP contribution in [0.4, 0.5) is 0 Å². The van der Waals surface area contributed by atoms with E-state index in [1.54, 1.807) is 0 Å². The van der Waals surface area contributed by atoms with Crippen LogP contribution in [0.5, 0.6) is 5.75 Å². The van der Waals surface area contributed by atoms with Crippen LogP contribution in [0, 0.1) is 16.7 Å². The van der Waals surface area contributed by atoms with Gasteiger partial charge in [0, 0.05) is 5.41 Å². The van der Waals surface area contributed by atoms with Crippen LogP contribution in [-0.2, 0) is 6.42 Å². The molecule has 1 aromatic rings. The highest BCUT2D eigenvalue weighted by molar-refractivity contribution is 5.29. The van der Waals surface area contributed by atoms with Crippen molar-refractivity contribution < 1.29 is 4.74 Å². The van der Waals surface area contributed by atoms with Crippen molar-refractivity contribution in [1.29, 1.82) is 0 Å². The largest absolute Gasteiger partial charge is 0.490 e. The number of hydrogen-bond donors (Lipinski definition) is 0. The van der Waals surface area contributed by atoms with Gasteiger partial charge in [0.1, 0.15) is 11.9 Å². The van der Waals surface area contributed by atoms with Crippen LogP contribution in [0.15, 0.2) is 24.3 Å². The molecule has 0 heterocycles. The number of ether oxygens (including phenoxy) is 1. The normalized spacial score (nSPS) is 35.6. The van der Waals surface area contributed by atoms with Gasteiger partial charge in [-0.15, -0.1) is 0 Å². The van der Waals surface area contributed by atoms with Crippen molar-refractivity contribution in [3.8, 4) is 5.75 Å². The van der Waals surface area contributed by atoms with Crippen LogP contribution >= 0.6 is 0 Å². The maximum Gasteiger partial charge on any atom is 0.120 e. The third-order valence-corrected chi connectivity index (χ3v) is 6.30. The van der Waals surface area contributed by atoms with Crippen molar-refractivity contribution in [2.45, 2.75) is 59.5 Å². The molecular weight excluding hydrogens is 232 g/mol. The molecule has 2 bridgehead atoms. The number of fused-ring (bicyclic) bond motifs is 2. The van der Waals surface area contributed by atoms with E-state index in [0.29, 0.717) is 16.9 Å². The highest BCUT2D eigenvalue weighted by Gasteiger charge is 2.62. The Hall–Kier alpha value is -0.980. The molecule has 0 N–H and O–H groups in total. The Bertz CT molecular complexity index is 476. The van der Waals surface area contributed by atoms with Gasteiger partial charge in [-0.3, -0.25) is 0 Å². The van der Waals surface area contributed by atoms with E-state index in [-0.39, 0.29) is 0 Å². The van der Waals surface area contributed by atoms with Gasteiger partial charge in [0.25, 0.3) is 0 Å². The molecule has 0 spiro atoms. The standard InChI is InChI=1S/C18H26O/c1-5-13-7-6-8-15(11-13)19-16-12-14-9-10-18(16,4)17(14,2)3/h6-8,11,14,16H,5,9-10,12H2,1-4H3. The first kappa shape index (κ1) is 13.0. The molecule has 2 aliphatic rings. The SMILES string of the molecule is CCc1cccc(OC2CC3CCC2(C)C3(C)C)c1. The molecule has 19 heavy (non-hydrogen) atoms. The third-order valence-electron chi connectivity index (χ3n) is 6.30. The maximum atomic E-state index is 6.39. The lowest BCUT2D eigenvalue weighted by Crippen LogP contribution is -2.38. The second-order valence-electron chi connectivity index (χ2n) is 7.22. The van der Waals surface area contributed by atoms with Gasteiger partial charge in [0.05, 0.1) is 0 Å². The molecule has 2 saturated carbocycles. The number of aryl methyl sites for hydroxylation is 1. The van der Waals surface area contributed by atoms with E-state index < -0.39 is 0 Å². The second kappa shape index (κ2) is 4.26. The van der Waals surface area contributed by atoms with E-state index >= 15 is 0 Å². The molecule has 2 aliphatic carbocycles. The van der Waals surface area contributed by atoms with Gasteiger partial charge in [0.2, 0.25) is 0 Å². The fraction of sp³-hybridized carbons (Fsp3) is 0.667. The molecule has 104 valence electrons. The van der Waals surface area contributed by atoms with Crippen LogP contribution in [-0.4, -0.2) is 6.10 Å².